The largest absolute Gasteiger partial charge is 0.497 e. The predicted molar refractivity (Wildman–Crippen MR) is 85.8 cm³/mol. The minimum Gasteiger partial charge on any atom is -0.497 e. The molecule has 0 bridgehead atoms. The van der Waals surface area contributed by atoms with Crippen LogP contribution in [0.4, 0.5) is 0 Å². The maximum absolute atomic E-state index is 11.0. The van der Waals surface area contributed by atoms with Crippen molar-refractivity contribution in [1.82, 2.24) is 0 Å². The maximum Gasteiger partial charge on any atom is 0.153 e. The fourth-order valence-electron chi connectivity index (χ4n) is 1.76. The number of hydrogen-bond donors (Lipinski definition) is 0. The summed E-state index contributed by atoms with van der Waals surface area (Å²) in [5.74, 6) is 1.54. The Hall–Kier alpha value is -1.91. The van der Waals surface area contributed by atoms with Crippen LogP contribution in [-0.4, -0.2) is 26.6 Å². The van der Waals surface area contributed by atoms with Crippen molar-refractivity contribution in [2.75, 3.05) is 20.3 Å². The average Bonchev–Trinajstić information content (AvgIpc) is 2.54. The second kappa shape index (κ2) is 7.92. The molecule has 4 nitrogen and oxygen atoms in total. The molecular weight excluding hydrogens is 327 g/mol. The lowest BCUT2D eigenvalue weighted by atomic mass is 10.2. The zero-order valence-electron chi connectivity index (χ0n) is 11.8. The molecule has 0 N–H and O–H groups in total. The van der Waals surface area contributed by atoms with Gasteiger partial charge in [0.1, 0.15) is 30.5 Å². The fraction of sp³-hybridized carbons (Fsp3) is 0.188. The SMILES string of the molecule is COc1ccc(C=O)c(OCCOc2cc(Cl)ccc2Cl)c1. The van der Waals surface area contributed by atoms with Gasteiger partial charge in [0.25, 0.3) is 0 Å². The van der Waals surface area contributed by atoms with Crippen LogP contribution >= 0.6 is 23.2 Å². The molecule has 0 saturated heterocycles. The molecule has 0 unspecified atom stereocenters. The highest BCUT2D eigenvalue weighted by molar-refractivity contribution is 6.34. The summed E-state index contributed by atoms with van der Waals surface area (Å²) in [4.78, 5) is 11.0. The molecule has 2 aromatic carbocycles. The third-order valence-corrected chi connectivity index (χ3v) is 3.39. The molecule has 0 fully saturated rings. The molecule has 0 aromatic heterocycles. The van der Waals surface area contributed by atoms with Crippen molar-refractivity contribution in [3.8, 4) is 17.2 Å². The van der Waals surface area contributed by atoms with E-state index in [9.17, 15) is 4.79 Å². The van der Waals surface area contributed by atoms with E-state index in [1.165, 1.54) is 0 Å². The van der Waals surface area contributed by atoms with E-state index in [1.54, 1.807) is 43.5 Å². The Morgan fingerprint density at radius 1 is 1.00 bits per heavy atom. The molecule has 22 heavy (non-hydrogen) atoms. The van der Waals surface area contributed by atoms with Crippen LogP contribution in [-0.2, 0) is 0 Å². The van der Waals surface area contributed by atoms with Crippen molar-refractivity contribution >= 4 is 29.5 Å². The minimum absolute atomic E-state index is 0.247. The van der Waals surface area contributed by atoms with E-state index < -0.39 is 0 Å². The van der Waals surface area contributed by atoms with E-state index >= 15 is 0 Å². The Balaban J connectivity index is 1.93. The van der Waals surface area contributed by atoms with Crippen LogP contribution in [0.25, 0.3) is 0 Å². The summed E-state index contributed by atoms with van der Waals surface area (Å²) < 4.78 is 16.2. The third-order valence-electron chi connectivity index (χ3n) is 2.84. The number of halogens is 2. The minimum atomic E-state index is 0.247. The molecule has 0 spiro atoms. The molecule has 0 atom stereocenters. The number of carbonyl (C=O) groups excluding carboxylic acids is 1. The van der Waals surface area contributed by atoms with Crippen LogP contribution in [0.15, 0.2) is 36.4 Å². The van der Waals surface area contributed by atoms with Gasteiger partial charge in [-0.15, -0.1) is 0 Å². The van der Waals surface area contributed by atoms with Gasteiger partial charge in [0, 0.05) is 17.2 Å². The maximum atomic E-state index is 11.0. The Morgan fingerprint density at radius 2 is 1.73 bits per heavy atom. The lowest BCUT2D eigenvalue weighted by Crippen LogP contribution is -2.10. The van der Waals surface area contributed by atoms with Crippen LogP contribution < -0.4 is 14.2 Å². The number of hydrogen-bond acceptors (Lipinski definition) is 4. The van der Waals surface area contributed by atoms with Crippen molar-refractivity contribution in [2.45, 2.75) is 0 Å². The van der Waals surface area contributed by atoms with Crippen LogP contribution in [0.2, 0.25) is 10.0 Å². The van der Waals surface area contributed by atoms with E-state index in [1.807, 2.05) is 0 Å². The zero-order chi connectivity index (χ0) is 15.9. The van der Waals surface area contributed by atoms with Gasteiger partial charge in [-0.05, 0) is 24.3 Å². The second-order valence-corrected chi connectivity index (χ2v) is 5.14. The Bertz CT molecular complexity index is 659. The van der Waals surface area contributed by atoms with Crippen molar-refractivity contribution < 1.29 is 19.0 Å². The molecule has 6 heteroatoms. The number of benzene rings is 2. The Labute approximate surface area is 138 Å². The molecule has 2 aromatic rings. The van der Waals surface area contributed by atoms with Crippen molar-refractivity contribution in [3.63, 3.8) is 0 Å². The number of methoxy groups -OCH3 is 1. The quantitative estimate of drug-likeness (QED) is 0.557. The highest BCUT2D eigenvalue weighted by atomic mass is 35.5. The van der Waals surface area contributed by atoms with Gasteiger partial charge in [0.15, 0.2) is 6.29 Å². The smallest absolute Gasteiger partial charge is 0.153 e. The number of rotatable bonds is 7. The summed E-state index contributed by atoms with van der Waals surface area (Å²) in [6.45, 7) is 0.506. The summed E-state index contributed by atoms with van der Waals surface area (Å²) in [5.41, 5.74) is 0.446. The van der Waals surface area contributed by atoms with Crippen LogP contribution in [0.5, 0.6) is 17.2 Å². The highest BCUT2D eigenvalue weighted by Gasteiger charge is 2.06. The van der Waals surface area contributed by atoms with Crippen molar-refractivity contribution in [3.05, 3.63) is 52.0 Å². The molecule has 0 aliphatic rings. The number of ether oxygens (including phenoxy) is 3. The first-order chi connectivity index (χ1) is 10.6. The standard InChI is InChI=1S/C16H14Cl2O4/c1-20-13-4-2-11(10-19)15(9-13)21-6-7-22-16-8-12(17)3-5-14(16)18/h2-5,8-10H,6-7H2,1H3. The second-order valence-electron chi connectivity index (χ2n) is 4.29. The van der Waals surface area contributed by atoms with Crippen LogP contribution in [0, 0.1) is 0 Å². The third kappa shape index (κ3) is 4.29. The summed E-state index contributed by atoms with van der Waals surface area (Å²) in [5, 5.41) is 1.01. The van der Waals surface area contributed by atoms with E-state index in [0.717, 1.165) is 6.29 Å². The van der Waals surface area contributed by atoms with Crippen molar-refractivity contribution in [1.29, 1.82) is 0 Å². The number of carbonyl (C=O) groups is 1. The molecule has 116 valence electrons. The average molecular weight is 341 g/mol. The first kappa shape index (κ1) is 16.5. The van der Waals surface area contributed by atoms with E-state index in [0.29, 0.717) is 32.9 Å². The van der Waals surface area contributed by atoms with Crippen LogP contribution in [0.1, 0.15) is 10.4 Å². The van der Waals surface area contributed by atoms with Gasteiger partial charge in [0.05, 0.1) is 17.7 Å². The Morgan fingerprint density at radius 3 is 2.41 bits per heavy atom. The molecule has 2 rings (SSSR count). The summed E-state index contributed by atoms with van der Waals surface area (Å²) in [7, 11) is 1.55. The topological polar surface area (TPSA) is 44.8 Å². The number of aldehydes is 1. The van der Waals surface area contributed by atoms with Gasteiger partial charge in [-0.2, -0.15) is 0 Å². The molecule has 0 amide bonds. The summed E-state index contributed by atoms with van der Waals surface area (Å²) in [6.07, 6.45) is 0.726. The van der Waals surface area contributed by atoms with Gasteiger partial charge >= 0.3 is 0 Å². The summed E-state index contributed by atoms with van der Waals surface area (Å²) >= 11 is 11.9. The van der Waals surface area contributed by atoms with Gasteiger partial charge in [-0.25, -0.2) is 0 Å². The molecule has 0 saturated carbocycles. The normalized spacial score (nSPS) is 10.1. The molecule has 0 heterocycles. The highest BCUT2D eigenvalue weighted by Crippen LogP contribution is 2.28. The first-order valence-corrected chi connectivity index (χ1v) is 7.23. The van der Waals surface area contributed by atoms with Crippen LogP contribution in [0.3, 0.4) is 0 Å². The molecule has 0 aliphatic heterocycles. The van der Waals surface area contributed by atoms with E-state index in [2.05, 4.69) is 0 Å². The lowest BCUT2D eigenvalue weighted by Gasteiger charge is -2.12. The zero-order valence-corrected chi connectivity index (χ0v) is 13.4. The summed E-state index contributed by atoms with van der Waals surface area (Å²) in [6, 6.07) is 9.95. The van der Waals surface area contributed by atoms with Gasteiger partial charge < -0.3 is 14.2 Å². The van der Waals surface area contributed by atoms with Gasteiger partial charge in [-0.3, -0.25) is 4.79 Å². The molecule has 0 aliphatic carbocycles. The van der Waals surface area contributed by atoms with Gasteiger partial charge in [-0.1, -0.05) is 23.2 Å². The van der Waals surface area contributed by atoms with E-state index in [-0.39, 0.29) is 13.2 Å². The fourth-order valence-corrected chi connectivity index (χ4v) is 2.09. The predicted octanol–water partition coefficient (Wildman–Crippen LogP) is 4.27. The van der Waals surface area contributed by atoms with E-state index in [4.69, 9.17) is 37.4 Å². The first-order valence-electron chi connectivity index (χ1n) is 6.48. The Kier molecular flexibility index (Phi) is 5.92. The molecule has 0 radical (unpaired) electrons. The van der Waals surface area contributed by atoms with Gasteiger partial charge in [0.2, 0.25) is 0 Å². The lowest BCUT2D eigenvalue weighted by molar-refractivity contribution is 0.111. The molecular formula is C16H14Cl2O4. The van der Waals surface area contributed by atoms with Crippen molar-refractivity contribution in [2.24, 2.45) is 0 Å². The monoisotopic (exact) mass is 340 g/mol.